The van der Waals surface area contributed by atoms with E-state index in [2.05, 4.69) is 34.6 Å². The lowest BCUT2D eigenvalue weighted by atomic mass is 9.98. The molecule has 7 nitrogen and oxygen atoms in total. The summed E-state index contributed by atoms with van der Waals surface area (Å²) in [7, 11) is 0. The van der Waals surface area contributed by atoms with Crippen LogP contribution in [0.5, 0.6) is 0 Å². The van der Waals surface area contributed by atoms with Crippen LogP contribution in [0.25, 0.3) is 11.1 Å². The van der Waals surface area contributed by atoms with E-state index in [1.807, 2.05) is 50.2 Å². The quantitative estimate of drug-likeness (QED) is 0.443. The number of carboxylic acids is 1. The fourth-order valence-electron chi connectivity index (χ4n) is 4.23. The third-order valence-corrected chi connectivity index (χ3v) is 6.08. The summed E-state index contributed by atoms with van der Waals surface area (Å²) in [5, 5.41) is 14.5. The Kier molecular flexibility index (Phi) is 8.91. The van der Waals surface area contributed by atoms with E-state index in [0.717, 1.165) is 22.3 Å². The Hall–Kier alpha value is -3.79. The third kappa shape index (κ3) is 6.63. The summed E-state index contributed by atoms with van der Waals surface area (Å²) in [5.74, 6) is 3.77. The van der Waals surface area contributed by atoms with Gasteiger partial charge in [0.25, 0.3) is 0 Å². The molecule has 0 radical (unpaired) electrons. The second-order valence-electron chi connectivity index (χ2n) is 9.02. The number of hydrogen-bond donors (Lipinski definition) is 3. The number of carbonyl (C=O) groups excluding carboxylic acids is 2. The molecule has 1 aliphatic rings. The van der Waals surface area contributed by atoms with Crippen molar-refractivity contribution in [2.24, 2.45) is 5.92 Å². The molecule has 0 bridgehead atoms. The molecule has 2 unspecified atom stereocenters. The summed E-state index contributed by atoms with van der Waals surface area (Å²) in [6.07, 6.45) is 0.309. The summed E-state index contributed by atoms with van der Waals surface area (Å²) in [4.78, 5) is 37.1. The minimum atomic E-state index is -1.18. The van der Waals surface area contributed by atoms with Crippen LogP contribution in [0.3, 0.4) is 0 Å². The van der Waals surface area contributed by atoms with Gasteiger partial charge in [0.15, 0.2) is 0 Å². The first kappa shape index (κ1) is 25.8. The molecule has 7 heteroatoms. The number of amides is 2. The smallest absolute Gasteiger partial charge is 0.407 e. The number of carbonyl (C=O) groups is 3. The van der Waals surface area contributed by atoms with Crippen molar-refractivity contribution >= 4 is 18.0 Å². The Morgan fingerprint density at radius 1 is 0.943 bits per heavy atom. The number of alkyl carbamates (subject to hydrolysis) is 1. The monoisotopic (exact) mass is 476 g/mol. The molecule has 2 atom stereocenters. The van der Waals surface area contributed by atoms with E-state index >= 15 is 0 Å². The maximum absolute atomic E-state index is 12.9. The SMILES string of the molecule is CC#CCC(NC(=O)C(CCC(C)C)NC(=O)OCC1c2ccccc2-c2ccccc21)C(=O)O. The van der Waals surface area contributed by atoms with Crippen LogP contribution in [0.1, 0.15) is 57.1 Å². The molecule has 35 heavy (non-hydrogen) atoms. The number of carboxylic acid groups (broad SMARTS) is 1. The minimum Gasteiger partial charge on any atom is -0.480 e. The topological polar surface area (TPSA) is 105 Å². The molecule has 0 aliphatic heterocycles. The van der Waals surface area contributed by atoms with Crippen LogP contribution in [0.4, 0.5) is 4.79 Å². The maximum Gasteiger partial charge on any atom is 0.407 e. The van der Waals surface area contributed by atoms with Crippen LogP contribution < -0.4 is 10.6 Å². The van der Waals surface area contributed by atoms with E-state index < -0.39 is 30.1 Å². The molecule has 2 aromatic carbocycles. The van der Waals surface area contributed by atoms with Crippen molar-refractivity contribution in [1.82, 2.24) is 10.6 Å². The molecule has 0 fully saturated rings. The Labute approximate surface area is 206 Å². The first-order valence-corrected chi connectivity index (χ1v) is 11.9. The molecular formula is C28H32N2O5. The summed E-state index contributed by atoms with van der Waals surface area (Å²) >= 11 is 0. The summed E-state index contributed by atoms with van der Waals surface area (Å²) in [5.41, 5.74) is 4.44. The summed E-state index contributed by atoms with van der Waals surface area (Å²) in [6, 6.07) is 14.0. The highest BCUT2D eigenvalue weighted by atomic mass is 16.5. The Morgan fingerprint density at radius 3 is 2.09 bits per heavy atom. The molecule has 0 aromatic heterocycles. The predicted molar refractivity (Wildman–Crippen MR) is 134 cm³/mol. The first-order chi connectivity index (χ1) is 16.8. The zero-order valence-corrected chi connectivity index (χ0v) is 20.3. The van der Waals surface area contributed by atoms with Crippen molar-refractivity contribution in [3.63, 3.8) is 0 Å². The molecule has 2 amide bonds. The number of aliphatic carboxylic acids is 1. The molecule has 0 spiro atoms. The van der Waals surface area contributed by atoms with E-state index in [4.69, 9.17) is 4.74 Å². The van der Waals surface area contributed by atoms with Crippen LogP contribution in [0, 0.1) is 17.8 Å². The van der Waals surface area contributed by atoms with Gasteiger partial charge in [0.2, 0.25) is 5.91 Å². The highest BCUT2D eigenvalue weighted by Crippen LogP contribution is 2.44. The molecule has 2 aromatic rings. The number of ether oxygens (including phenoxy) is 1. The fourth-order valence-corrected chi connectivity index (χ4v) is 4.23. The van der Waals surface area contributed by atoms with Crippen molar-refractivity contribution < 1.29 is 24.2 Å². The van der Waals surface area contributed by atoms with Gasteiger partial charge in [-0.2, -0.15) is 0 Å². The van der Waals surface area contributed by atoms with Gasteiger partial charge in [0.1, 0.15) is 18.7 Å². The summed E-state index contributed by atoms with van der Waals surface area (Å²) < 4.78 is 5.58. The minimum absolute atomic E-state index is 0.0145. The number of rotatable bonds is 10. The average molecular weight is 477 g/mol. The Bertz CT molecular complexity index is 1090. The number of nitrogens with one attached hydrogen (secondary N) is 2. The fraction of sp³-hybridized carbons (Fsp3) is 0.393. The second-order valence-corrected chi connectivity index (χ2v) is 9.02. The predicted octanol–water partition coefficient (Wildman–Crippen LogP) is 4.31. The van der Waals surface area contributed by atoms with Crippen molar-refractivity contribution in [2.75, 3.05) is 6.61 Å². The number of benzene rings is 2. The van der Waals surface area contributed by atoms with Gasteiger partial charge in [0, 0.05) is 12.3 Å². The normalized spacial score (nSPS) is 13.6. The van der Waals surface area contributed by atoms with Crippen LogP contribution in [0.15, 0.2) is 48.5 Å². The Morgan fingerprint density at radius 2 is 1.54 bits per heavy atom. The maximum atomic E-state index is 12.9. The van der Waals surface area contributed by atoms with Crippen LogP contribution >= 0.6 is 0 Å². The molecule has 3 N–H and O–H groups in total. The zero-order chi connectivity index (χ0) is 25.4. The van der Waals surface area contributed by atoms with Gasteiger partial charge in [-0.15, -0.1) is 11.8 Å². The number of hydrogen-bond acceptors (Lipinski definition) is 4. The van der Waals surface area contributed by atoms with E-state index in [9.17, 15) is 19.5 Å². The molecule has 0 saturated carbocycles. The Balaban J connectivity index is 1.67. The van der Waals surface area contributed by atoms with E-state index in [0.29, 0.717) is 18.8 Å². The molecule has 1 aliphatic carbocycles. The van der Waals surface area contributed by atoms with E-state index in [1.165, 1.54) is 0 Å². The third-order valence-electron chi connectivity index (χ3n) is 6.08. The van der Waals surface area contributed by atoms with E-state index in [1.54, 1.807) is 6.92 Å². The van der Waals surface area contributed by atoms with Crippen LogP contribution in [0.2, 0.25) is 0 Å². The van der Waals surface area contributed by atoms with Crippen molar-refractivity contribution in [3.05, 3.63) is 59.7 Å². The second kappa shape index (κ2) is 12.1. The molecule has 0 heterocycles. The molecule has 184 valence electrons. The lowest BCUT2D eigenvalue weighted by molar-refractivity contribution is -0.142. The van der Waals surface area contributed by atoms with Crippen molar-refractivity contribution in [3.8, 4) is 23.0 Å². The van der Waals surface area contributed by atoms with Crippen LogP contribution in [-0.4, -0.2) is 41.8 Å². The van der Waals surface area contributed by atoms with Gasteiger partial charge in [-0.05, 0) is 47.9 Å². The van der Waals surface area contributed by atoms with Gasteiger partial charge in [-0.3, -0.25) is 4.79 Å². The highest BCUT2D eigenvalue weighted by Gasteiger charge is 2.30. The molecule has 3 rings (SSSR count). The van der Waals surface area contributed by atoms with E-state index in [-0.39, 0.29) is 18.9 Å². The highest BCUT2D eigenvalue weighted by molar-refractivity contribution is 5.89. The van der Waals surface area contributed by atoms with Crippen LogP contribution in [-0.2, 0) is 14.3 Å². The van der Waals surface area contributed by atoms with Gasteiger partial charge in [0.05, 0.1) is 0 Å². The van der Waals surface area contributed by atoms with Crippen molar-refractivity contribution in [2.45, 2.75) is 58.0 Å². The van der Waals surface area contributed by atoms with Crippen molar-refractivity contribution in [1.29, 1.82) is 0 Å². The first-order valence-electron chi connectivity index (χ1n) is 11.9. The average Bonchev–Trinajstić information content (AvgIpc) is 3.16. The van der Waals surface area contributed by atoms with Gasteiger partial charge in [-0.1, -0.05) is 62.4 Å². The molecule has 0 saturated heterocycles. The lowest BCUT2D eigenvalue weighted by Gasteiger charge is -2.22. The van der Waals surface area contributed by atoms with Gasteiger partial charge < -0.3 is 20.5 Å². The van der Waals surface area contributed by atoms with Gasteiger partial charge >= 0.3 is 12.1 Å². The van der Waals surface area contributed by atoms with Gasteiger partial charge in [-0.25, -0.2) is 9.59 Å². The lowest BCUT2D eigenvalue weighted by Crippen LogP contribution is -2.51. The standard InChI is InChI=1S/C28H32N2O5/c1-4-5-14-25(27(32)33)29-26(31)24(16-15-18(2)3)30-28(34)35-17-23-21-12-8-6-10-19(21)20-11-7-9-13-22(20)23/h6-13,18,23-25H,14-17H2,1-3H3,(H,29,31)(H,30,34)(H,32,33). The molecular weight excluding hydrogens is 444 g/mol. The number of fused-ring (bicyclic) bond motifs is 3. The largest absolute Gasteiger partial charge is 0.480 e. The zero-order valence-electron chi connectivity index (χ0n) is 20.3. The summed E-state index contributed by atoms with van der Waals surface area (Å²) in [6.45, 7) is 5.76.